The van der Waals surface area contributed by atoms with Gasteiger partial charge in [-0.15, -0.1) is 11.3 Å². The van der Waals surface area contributed by atoms with Crippen LogP contribution in [0.15, 0.2) is 54.7 Å². The predicted octanol–water partition coefficient (Wildman–Crippen LogP) is 5.09. The van der Waals surface area contributed by atoms with Crippen LogP contribution in [0.5, 0.6) is 0 Å². The van der Waals surface area contributed by atoms with E-state index in [0.717, 1.165) is 16.1 Å². The van der Waals surface area contributed by atoms with Crippen molar-refractivity contribution >= 4 is 51.3 Å². The Morgan fingerprint density at radius 1 is 1.04 bits per heavy atom. The van der Waals surface area contributed by atoms with Crippen molar-refractivity contribution in [2.45, 2.75) is 6.42 Å². The molecule has 128 valence electrons. The highest BCUT2D eigenvalue weighted by molar-refractivity contribution is 7.15. The second-order valence-corrected chi connectivity index (χ2v) is 7.21. The molecule has 0 bridgehead atoms. The highest BCUT2D eigenvalue weighted by atomic mass is 35.5. The largest absolute Gasteiger partial charge is 0.376 e. The Morgan fingerprint density at radius 3 is 2.48 bits per heavy atom. The third-order valence-electron chi connectivity index (χ3n) is 3.44. The zero-order valence-corrected chi connectivity index (χ0v) is 15.5. The molecule has 3 aromatic rings. The monoisotopic (exact) mass is 391 g/mol. The summed E-state index contributed by atoms with van der Waals surface area (Å²) in [6.07, 6.45) is 2.30. The summed E-state index contributed by atoms with van der Waals surface area (Å²) in [4.78, 5) is 17.2. The van der Waals surface area contributed by atoms with Gasteiger partial charge in [0.1, 0.15) is 0 Å². The van der Waals surface area contributed by atoms with E-state index >= 15 is 0 Å². The predicted molar refractivity (Wildman–Crippen MR) is 105 cm³/mol. The molecule has 0 aliphatic rings. The van der Waals surface area contributed by atoms with Crippen molar-refractivity contribution in [1.29, 1.82) is 0 Å². The zero-order chi connectivity index (χ0) is 17.6. The Labute approximate surface area is 159 Å². The molecule has 0 saturated carbocycles. The normalized spacial score (nSPS) is 10.5. The molecule has 0 saturated heterocycles. The molecule has 4 nitrogen and oxygen atoms in total. The Balaban J connectivity index is 1.57. The zero-order valence-electron chi connectivity index (χ0n) is 13.1. The van der Waals surface area contributed by atoms with Gasteiger partial charge in [-0.05, 0) is 29.8 Å². The van der Waals surface area contributed by atoms with Gasteiger partial charge in [0.25, 0.3) is 0 Å². The summed E-state index contributed by atoms with van der Waals surface area (Å²) in [6, 6.07) is 15.0. The third kappa shape index (κ3) is 4.95. The summed E-state index contributed by atoms with van der Waals surface area (Å²) in [5.41, 5.74) is 1.75. The lowest BCUT2D eigenvalue weighted by Crippen LogP contribution is -2.21. The van der Waals surface area contributed by atoms with E-state index in [1.165, 1.54) is 11.3 Å². The summed E-state index contributed by atoms with van der Waals surface area (Å²) < 4.78 is 0. The molecule has 1 aromatic heterocycles. The van der Waals surface area contributed by atoms with Crippen LogP contribution in [0, 0.1) is 0 Å². The van der Waals surface area contributed by atoms with E-state index in [-0.39, 0.29) is 12.5 Å². The number of benzene rings is 2. The van der Waals surface area contributed by atoms with E-state index in [0.29, 0.717) is 21.6 Å². The maximum Gasteiger partial charge on any atom is 0.245 e. The fourth-order valence-electron chi connectivity index (χ4n) is 2.22. The molecule has 0 spiro atoms. The average molecular weight is 392 g/mol. The molecule has 0 fully saturated rings. The molecule has 2 N–H and O–H groups in total. The lowest BCUT2D eigenvalue weighted by Gasteiger charge is -2.05. The minimum Gasteiger partial charge on any atom is -0.376 e. The summed E-state index contributed by atoms with van der Waals surface area (Å²) >= 11 is 13.8. The number of halogens is 2. The van der Waals surface area contributed by atoms with Gasteiger partial charge >= 0.3 is 0 Å². The first-order valence-electron chi connectivity index (χ1n) is 7.58. The minimum absolute atomic E-state index is 0.152. The first-order valence-corrected chi connectivity index (χ1v) is 9.15. The molecule has 0 radical (unpaired) electrons. The SMILES string of the molecule is O=C(CNc1ccccc1)Nc1ncc(Cc2c(Cl)cccc2Cl)s1. The van der Waals surface area contributed by atoms with Crippen LogP contribution in [0.25, 0.3) is 0 Å². The molecule has 25 heavy (non-hydrogen) atoms. The molecular formula is C18H15Cl2N3OS. The average Bonchev–Trinajstić information content (AvgIpc) is 3.04. The van der Waals surface area contributed by atoms with E-state index in [4.69, 9.17) is 23.2 Å². The summed E-state index contributed by atoms with van der Waals surface area (Å²) in [7, 11) is 0. The number of nitrogens with one attached hydrogen (secondary N) is 2. The fourth-order valence-corrected chi connectivity index (χ4v) is 3.60. The van der Waals surface area contributed by atoms with Gasteiger partial charge in [0, 0.05) is 33.2 Å². The molecule has 3 rings (SSSR count). The van der Waals surface area contributed by atoms with Crippen molar-refractivity contribution in [2.75, 3.05) is 17.2 Å². The highest BCUT2D eigenvalue weighted by Gasteiger charge is 2.11. The second-order valence-electron chi connectivity index (χ2n) is 5.28. The fraction of sp³-hybridized carbons (Fsp3) is 0.111. The van der Waals surface area contributed by atoms with Gasteiger partial charge in [0.15, 0.2) is 5.13 Å². The number of para-hydroxylation sites is 1. The molecule has 0 aliphatic carbocycles. The first-order chi connectivity index (χ1) is 12.1. The Hall–Kier alpha value is -2.08. The third-order valence-corrected chi connectivity index (χ3v) is 5.06. The van der Waals surface area contributed by atoms with E-state index in [1.54, 1.807) is 6.20 Å². The van der Waals surface area contributed by atoms with Crippen LogP contribution in [0.1, 0.15) is 10.4 Å². The van der Waals surface area contributed by atoms with Crippen molar-refractivity contribution in [3.8, 4) is 0 Å². The Morgan fingerprint density at radius 2 is 1.76 bits per heavy atom. The molecule has 2 aromatic carbocycles. The van der Waals surface area contributed by atoms with E-state index in [1.807, 2.05) is 48.5 Å². The maximum absolute atomic E-state index is 12.0. The Bertz CT molecular complexity index is 848. The quantitative estimate of drug-likeness (QED) is 0.614. The number of anilines is 2. The standard InChI is InChI=1S/C18H15Cl2N3OS/c19-15-7-4-8-16(20)14(15)9-13-10-22-18(25-13)23-17(24)11-21-12-5-2-1-3-6-12/h1-8,10,21H,9,11H2,(H,22,23,24). The molecule has 0 atom stereocenters. The smallest absolute Gasteiger partial charge is 0.245 e. The number of hydrogen-bond acceptors (Lipinski definition) is 4. The lowest BCUT2D eigenvalue weighted by molar-refractivity contribution is -0.114. The topological polar surface area (TPSA) is 54.0 Å². The number of amides is 1. The van der Waals surface area contributed by atoms with E-state index in [2.05, 4.69) is 15.6 Å². The first kappa shape index (κ1) is 17.7. The van der Waals surface area contributed by atoms with Gasteiger partial charge < -0.3 is 10.6 Å². The molecular weight excluding hydrogens is 377 g/mol. The number of aromatic nitrogens is 1. The van der Waals surface area contributed by atoms with Gasteiger partial charge in [-0.25, -0.2) is 4.98 Å². The van der Waals surface area contributed by atoms with Gasteiger partial charge in [-0.3, -0.25) is 4.79 Å². The van der Waals surface area contributed by atoms with Crippen LogP contribution in [-0.2, 0) is 11.2 Å². The molecule has 7 heteroatoms. The number of rotatable bonds is 6. The number of hydrogen-bond donors (Lipinski definition) is 2. The summed E-state index contributed by atoms with van der Waals surface area (Å²) in [6.45, 7) is 0.176. The van der Waals surface area contributed by atoms with Crippen molar-refractivity contribution < 1.29 is 4.79 Å². The molecule has 0 unspecified atom stereocenters. The van der Waals surface area contributed by atoms with Crippen LogP contribution in [0.3, 0.4) is 0 Å². The van der Waals surface area contributed by atoms with Crippen LogP contribution >= 0.6 is 34.5 Å². The lowest BCUT2D eigenvalue weighted by atomic mass is 10.1. The molecule has 1 heterocycles. The van der Waals surface area contributed by atoms with Crippen LogP contribution < -0.4 is 10.6 Å². The van der Waals surface area contributed by atoms with Gasteiger partial charge in [0.2, 0.25) is 5.91 Å². The summed E-state index contributed by atoms with van der Waals surface area (Å²) in [5.74, 6) is -0.152. The molecule has 0 aliphatic heterocycles. The van der Waals surface area contributed by atoms with Crippen LogP contribution in [0.4, 0.5) is 10.8 Å². The number of nitrogens with zero attached hydrogens (tertiary/aromatic N) is 1. The van der Waals surface area contributed by atoms with E-state index < -0.39 is 0 Å². The van der Waals surface area contributed by atoms with Crippen LogP contribution in [-0.4, -0.2) is 17.4 Å². The number of carbonyl (C=O) groups is 1. The van der Waals surface area contributed by atoms with E-state index in [9.17, 15) is 4.79 Å². The number of carbonyl (C=O) groups excluding carboxylic acids is 1. The highest BCUT2D eigenvalue weighted by Crippen LogP contribution is 2.29. The minimum atomic E-state index is -0.152. The van der Waals surface area contributed by atoms with Gasteiger partial charge in [-0.1, -0.05) is 47.5 Å². The van der Waals surface area contributed by atoms with Gasteiger partial charge in [0.05, 0.1) is 6.54 Å². The van der Waals surface area contributed by atoms with Crippen LogP contribution in [0.2, 0.25) is 10.0 Å². The van der Waals surface area contributed by atoms with Crippen molar-refractivity contribution in [1.82, 2.24) is 4.98 Å². The number of thiazole rings is 1. The maximum atomic E-state index is 12.0. The molecule has 1 amide bonds. The van der Waals surface area contributed by atoms with Gasteiger partial charge in [-0.2, -0.15) is 0 Å². The van der Waals surface area contributed by atoms with Crippen molar-refractivity contribution in [2.24, 2.45) is 0 Å². The summed E-state index contributed by atoms with van der Waals surface area (Å²) in [5, 5.41) is 7.64. The van der Waals surface area contributed by atoms with Crippen molar-refractivity contribution in [3.63, 3.8) is 0 Å². The second kappa shape index (κ2) is 8.34. The van der Waals surface area contributed by atoms with Crippen molar-refractivity contribution in [3.05, 3.63) is 75.2 Å². The Kier molecular flexibility index (Phi) is 5.91.